The molecule has 1 aromatic heterocycles. The molecule has 2 aromatic rings. The second-order valence-corrected chi connectivity index (χ2v) is 4.99. The molecule has 0 radical (unpaired) electrons. The number of rotatable bonds is 2. The fraction of sp³-hybridized carbons (Fsp3) is 0.250. The Morgan fingerprint density at radius 3 is 2.61 bits per heavy atom. The molecule has 18 heavy (non-hydrogen) atoms. The lowest BCUT2D eigenvalue weighted by Crippen LogP contribution is -2.10. The zero-order chi connectivity index (χ0) is 13.3. The fourth-order valence-corrected chi connectivity index (χ4v) is 2.17. The number of alkyl halides is 3. The lowest BCUT2D eigenvalue weighted by Gasteiger charge is -2.12. The number of fused-ring (bicyclic) bond motifs is 1. The lowest BCUT2D eigenvalue weighted by molar-refractivity contribution is -0.140. The van der Waals surface area contributed by atoms with Crippen LogP contribution in [0.4, 0.5) is 18.9 Å². The summed E-state index contributed by atoms with van der Waals surface area (Å²) in [4.78, 5) is 3.66. The number of anilines is 1. The van der Waals surface area contributed by atoms with Crippen LogP contribution < -0.4 is 5.32 Å². The molecule has 1 heterocycles. The van der Waals surface area contributed by atoms with Gasteiger partial charge in [-0.25, -0.2) is 4.98 Å². The number of hydrogen-bond donors (Lipinski definition) is 1. The Bertz CT molecular complexity index is 581. The van der Waals surface area contributed by atoms with Crippen LogP contribution in [0.2, 0.25) is 0 Å². The minimum atomic E-state index is -4.43. The van der Waals surface area contributed by atoms with Crippen LogP contribution in [0.1, 0.15) is 12.6 Å². The third-order valence-electron chi connectivity index (χ3n) is 2.43. The van der Waals surface area contributed by atoms with Crippen LogP contribution >= 0.6 is 22.6 Å². The number of aromatic nitrogens is 1. The van der Waals surface area contributed by atoms with Gasteiger partial charge in [-0.1, -0.05) is 0 Å². The van der Waals surface area contributed by atoms with E-state index in [1.54, 1.807) is 12.1 Å². The minimum absolute atomic E-state index is 0.348. The van der Waals surface area contributed by atoms with Crippen molar-refractivity contribution >= 4 is 39.2 Å². The first-order valence-corrected chi connectivity index (χ1v) is 6.41. The highest BCUT2D eigenvalue weighted by Gasteiger charge is 2.33. The molecule has 96 valence electrons. The number of hydrogen-bond acceptors (Lipinski definition) is 2. The molecule has 0 amide bonds. The Morgan fingerprint density at radius 1 is 1.28 bits per heavy atom. The summed E-state index contributed by atoms with van der Waals surface area (Å²) in [7, 11) is 0. The summed E-state index contributed by atoms with van der Waals surface area (Å²) in [6.45, 7) is 2.40. The van der Waals surface area contributed by atoms with Crippen molar-refractivity contribution < 1.29 is 13.2 Å². The number of benzene rings is 1. The van der Waals surface area contributed by atoms with E-state index in [1.807, 2.05) is 13.0 Å². The molecule has 0 aliphatic carbocycles. The van der Waals surface area contributed by atoms with Crippen molar-refractivity contribution in [2.45, 2.75) is 13.1 Å². The topological polar surface area (TPSA) is 24.9 Å². The maximum Gasteiger partial charge on any atom is 0.433 e. The van der Waals surface area contributed by atoms with E-state index in [2.05, 4.69) is 32.9 Å². The van der Waals surface area contributed by atoms with E-state index in [0.717, 1.165) is 9.64 Å². The zero-order valence-corrected chi connectivity index (χ0v) is 11.6. The molecule has 1 aromatic carbocycles. The van der Waals surface area contributed by atoms with Crippen LogP contribution in [-0.4, -0.2) is 11.5 Å². The van der Waals surface area contributed by atoms with Crippen molar-refractivity contribution in [1.29, 1.82) is 0 Å². The summed E-state index contributed by atoms with van der Waals surface area (Å²) in [5, 5.41) is 3.65. The number of nitrogens with zero attached hydrogens (tertiary/aromatic N) is 1. The molecule has 0 aliphatic rings. The van der Waals surface area contributed by atoms with Gasteiger partial charge in [0.25, 0.3) is 0 Å². The first-order chi connectivity index (χ1) is 8.41. The predicted molar refractivity (Wildman–Crippen MR) is 73.6 cm³/mol. The largest absolute Gasteiger partial charge is 0.433 e. The maximum atomic E-state index is 12.7. The maximum absolute atomic E-state index is 12.7. The molecular weight excluding hydrogens is 356 g/mol. The third kappa shape index (κ3) is 2.68. The Morgan fingerprint density at radius 2 is 2.00 bits per heavy atom. The summed E-state index contributed by atoms with van der Waals surface area (Å²) >= 11 is 2.12. The number of nitrogens with one attached hydrogen (secondary N) is 1. The smallest absolute Gasteiger partial charge is 0.385 e. The molecule has 0 bridgehead atoms. The van der Waals surface area contributed by atoms with Crippen LogP contribution in [0.25, 0.3) is 10.9 Å². The van der Waals surface area contributed by atoms with Gasteiger partial charge in [0.05, 0.1) is 5.52 Å². The van der Waals surface area contributed by atoms with Gasteiger partial charge in [0.15, 0.2) is 0 Å². The minimum Gasteiger partial charge on any atom is -0.385 e. The van der Waals surface area contributed by atoms with Gasteiger partial charge in [-0.05, 0) is 53.8 Å². The van der Waals surface area contributed by atoms with Crippen LogP contribution in [0, 0.1) is 3.57 Å². The van der Waals surface area contributed by atoms with Crippen molar-refractivity contribution in [3.63, 3.8) is 0 Å². The van der Waals surface area contributed by atoms with E-state index < -0.39 is 11.9 Å². The van der Waals surface area contributed by atoms with E-state index >= 15 is 0 Å². The van der Waals surface area contributed by atoms with Gasteiger partial charge < -0.3 is 5.32 Å². The Hall–Kier alpha value is -1.05. The normalized spacial score (nSPS) is 11.8. The molecule has 2 rings (SSSR count). The highest BCUT2D eigenvalue weighted by atomic mass is 127. The average Bonchev–Trinajstić information content (AvgIpc) is 2.28. The van der Waals surface area contributed by atoms with Crippen LogP contribution in [0.5, 0.6) is 0 Å². The molecule has 0 unspecified atom stereocenters. The molecule has 6 heteroatoms. The van der Waals surface area contributed by atoms with Crippen molar-refractivity contribution in [2.24, 2.45) is 0 Å². The average molecular weight is 366 g/mol. The Kier molecular flexibility index (Phi) is 3.65. The van der Waals surface area contributed by atoms with Gasteiger partial charge in [0, 0.05) is 21.2 Å². The molecule has 1 N–H and O–H groups in total. The standard InChI is InChI=1S/C12H10F3IN2/c1-2-17-10-6-11(12(13,14)15)18-9-4-3-7(16)5-8(9)10/h3-6H,2H2,1H3,(H,17,18). The van der Waals surface area contributed by atoms with Gasteiger partial charge in [-0.2, -0.15) is 13.2 Å². The second kappa shape index (κ2) is 4.91. The second-order valence-electron chi connectivity index (χ2n) is 3.74. The predicted octanol–water partition coefficient (Wildman–Crippen LogP) is 4.29. The van der Waals surface area contributed by atoms with Gasteiger partial charge in [-0.15, -0.1) is 0 Å². The van der Waals surface area contributed by atoms with Gasteiger partial charge >= 0.3 is 6.18 Å². The van der Waals surface area contributed by atoms with E-state index in [0.29, 0.717) is 23.1 Å². The molecule has 2 nitrogen and oxygen atoms in total. The fourth-order valence-electron chi connectivity index (χ4n) is 1.68. The number of pyridine rings is 1. The molecule has 0 saturated carbocycles. The van der Waals surface area contributed by atoms with E-state index in [1.165, 1.54) is 0 Å². The van der Waals surface area contributed by atoms with Crippen LogP contribution in [0.15, 0.2) is 24.3 Å². The lowest BCUT2D eigenvalue weighted by atomic mass is 10.1. The summed E-state index contributed by atoms with van der Waals surface area (Å²) < 4.78 is 39.1. The van der Waals surface area contributed by atoms with Gasteiger partial charge in [0.2, 0.25) is 0 Å². The Balaban J connectivity index is 2.70. The van der Waals surface area contributed by atoms with E-state index in [9.17, 15) is 13.2 Å². The SMILES string of the molecule is CCNc1cc(C(F)(F)F)nc2ccc(I)cc12. The molecule has 0 atom stereocenters. The van der Waals surface area contributed by atoms with Crippen molar-refractivity contribution in [3.05, 3.63) is 33.5 Å². The van der Waals surface area contributed by atoms with Crippen molar-refractivity contribution in [2.75, 3.05) is 11.9 Å². The molecule has 0 fully saturated rings. The monoisotopic (exact) mass is 366 g/mol. The third-order valence-corrected chi connectivity index (χ3v) is 3.10. The van der Waals surface area contributed by atoms with Gasteiger partial charge in [0.1, 0.15) is 5.69 Å². The highest BCUT2D eigenvalue weighted by Crippen LogP contribution is 2.33. The first-order valence-electron chi connectivity index (χ1n) is 5.33. The highest BCUT2D eigenvalue weighted by molar-refractivity contribution is 14.1. The summed E-state index contributed by atoms with van der Waals surface area (Å²) in [6.07, 6.45) is -4.43. The summed E-state index contributed by atoms with van der Waals surface area (Å²) in [5.41, 5.74) is -0.0540. The molecule has 0 spiro atoms. The van der Waals surface area contributed by atoms with Gasteiger partial charge in [-0.3, -0.25) is 0 Å². The van der Waals surface area contributed by atoms with Crippen molar-refractivity contribution in [3.8, 4) is 0 Å². The van der Waals surface area contributed by atoms with Crippen LogP contribution in [0.3, 0.4) is 0 Å². The van der Waals surface area contributed by atoms with Crippen LogP contribution in [-0.2, 0) is 6.18 Å². The summed E-state index contributed by atoms with van der Waals surface area (Å²) in [6, 6.07) is 6.22. The molecule has 0 aliphatic heterocycles. The zero-order valence-electron chi connectivity index (χ0n) is 9.48. The van der Waals surface area contributed by atoms with E-state index in [-0.39, 0.29) is 0 Å². The van der Waals surface area contributed by atoms with Crippen molar-refractivity contribution in [1.82, 2.24) is 4.98 Å². The molecule has 0 saturated heterocycles. The summed E-state index contributed by atoms with van der Waals surface area (Å²) in [5.74, 6) is 0. The first kappa shape index (κ1) is 13.4. The quantitative estimate of drug-likeness (QED) is 0.803. The molecular formula is C12H10F3IN2. The Labute approximate surface area is 116 Å². The van der Waals surface area contributed by atoms with E-state index in [4.69, 9.17) is 0 Å². The number of halogens is 4.